The summed E-state index contributed by atoms with van der Waals surface area (Å²) in [4.78, 5) is 0. The molecule has 110 valence electrons. The summed E-state index contributed by atoms with van der Waals surface area (Å²) in [6.07, 6.45) is 2.67. The van der Waals surface area contributed by atoms with E-state index < -0.39 is 0 Å². The van der Waals surface area contributed by atoms with Gasteiger partial charge in [0.15, 0.2) is 0 Å². The van der Waals surface area contributed by atoms with Crippen molar-refractivity contribution in [2.45, 2.75) is 57.9 Å². The first-order valence-corrected chi connectivity index (χ1v) is 7.09. The van der Waals surface area contributed by atoms with E-state index in [4.69, 9.17) is 4.74 Å². The van der Waals surface area contributed by atoms with Crippen LogP contribution in [0.4, 0.5) is 0 Å². The molecule has 1 heterocycles. The van der Waals surface area contributed by atoms with E-state index in [2.05, 4.69) is 18.7 Å². The zero-order chi connectivity index (χ0) is 15.0. The molecule has 1 fully saturated rings. The van der Waals surface area contributed by atoms with Crippen molar-refractivity contribution in [2.75, 3.05) is 0 Å². The first-order valence-electron chi connectivity index (χ1n) is 7.09. The normalized spacial score (nSPS) is 24.8. The second kappa shape index (κ2) is 5.32. The first kappa shape index (κ1) is 15.2. The number of ether oxygens (including phenoxy) is 1. The SMILES string of the molecule is C=Cc1ccc(COC2CC(C)(C)N(O)C2(C)C)cc1. The second-order valence-electron chi connectivity index (χ2n) is 6.73. The lowest BCUT2D eigenvalue weighted by atomic mass is 9.97. The smallest absolute Gasteiger partial charge is 0.0799 e. The Balaban J connectivity index is 2.01. The van der Waals surface area contributed by atoms with Gasteiger partial charge in [-0.1, -0.05) is 36.9 Å². The average molecular weight is 275 g/mol. The van der Waals surface area contributed by atoms with E-state index in [-0.39, 0.29) is 17.2 Å². The molecule has 0 saturated carbocycles. The summed E-state index contributed by atoms with van der Waals surface area (Å²) in [5.74, 6) is 0. The van der Waals surface area contributed by atoms with E-state index in [1.54, 1.807) is 0 Å². The van der Waals surface area contributed by atoms with E-state index in [0.717, 1.165) is 17.5 Å². The molecule has 0 aliphatic carbocycles. The Morgan fingerprint density at radius 2 is 1.90 bits per heavy atom. The number of hydroxylamine groups is 2. The van der Waals surface area contributed by atoms with Crippen LogP contribution in [0.5, 0.6) is 0 Å². The molecule has 1 aromatic carbocycles. The summed E-state index contributed by atoms with van der Waals surface area (Å²) >= 11 is 0. The summed E-state index contributed by atoms with van der Waals surface area (Å²) in [5.41, 5.74) is 1.63. The van der Waals surface area contributed by atoms with Gasteiger partial charge in [0.05, 0.1) is 18.2 Å². The fourth-order valence-corrected chi connectivity index (χ4v) is 2.92. The van der Waals surface area contributed by atoms with Gasteiger partial charge in [-0.25, -0.2) is 0 Å². The van der Waals surface area contributed by atoms with Gasteiger partial charge in [0.25, 0.3) is 0 Å². The van der Waals surface area contributed by atoms with Gasteiger partial charge in [-0.2, -0.15) is 5.06 Å². The first-order chi connectivity index (χ1) is 9.27. The average Bonchev–Trinajstić information content (AvgIpc) is 2.57. The molecule has 1 unspecified atom stereocenters. The maximum atomic E-state index is 10.3. The molecule has 1 aliphatic heterocycles. The van der Waals surface area contributed by atoms with Gasteiger partial charge in [0, 0.05) is 5.54 Å². The standard InChI is InChI=1S/C17H25NO2/c1-6-13-7-9-14(10-8-13)12-20-15-11-16(2,3)18(19)17(15,4)5/h6-10,15,19H,1,11-12H2,2-5H3. The molecule has 3 nitrogen and oxygen atoms in total. The minimum atomic E-state index is -0.370. The van der Waals surface area contributed by atoms with E-state index in [1.165, 1.54) is 5.06 Å². The Morgan fingerprint density at radius 3 is 2.35 bits per heavy atom. The van der Waals surface area contributed by atoms with E-state index in [9.17, 15) is 5.21 Å². The molecule has 0 radical (unpaired) electrons. The second-order valence-corrected chi connectivity index (χ2v) is 6.73. The summed E-state index contributed by atoms with van der Waals surface area (Å²) in [6.45, 7) is 12.4. The van der Waals surface area contributed by atoms with Crippen molar-refractivity contribution >= 4 is 6.08 Å². The topological polar surface area (TPSA) is 32.7 Å². The van der Waals surface area contributed by atoms with Gasteiger partial charge >= 0.3 is 0 Å². The molecule has 0 bridgehead atoms. The fraction of sp³-hybridized carbons (Fsp3) is 0.529. The number of benzene rings is 1. The van der Waals surface area contributed by atoms with E-state index >= 15 is 0 Å². The minimum absolute atomic E-state index is 0.0154. The van der Waals surface area contributed by atoms with Crippen LogP contribution < -0.4 is 0 Å². The lowest BCUT2D eigenvalue weighted by Gasteiger charge is -2.35. The van der Waals surface area contributed by atoms with Crippen LogP contribution in [0.15, 0.2) is 30.8 Å². The third-order valence-electron chi connectivity index (χ3n) is 4.26. The molecule has 3 heteroatoms. The predicted molar refractivity (Wildman–Crippen MR) is 81.5 cm³/mol. The van der Waals surface area contributed by atoms with Crippen molar-refractivity contribution in [3.8, 4) is 0 Å². The molecule has 1 aromatic rings. The summed E-state index contributed by atoms with van der Waals surface area (Å²) in [7, 11) is 0. The quantitative estimate of drug-likeness (QED) is 0.905. The Labute approximate surface area is 121 Å². The number of rotatable bonds is 4. The molecule has 1 saturated heterocycles. The highest BCUT2D eigenvalue weighted by atomic mass is 16.5. The van der Waals surface area contributed by atoms with Gasteiger partial charge in [-0.3, -0.25) is 0 Å². The van der Waals surface area contributed by atoms with Crippen LogP contribution in [0.2, 0.25) is 0 Å². The lowest BCUT2D eigenvalue weighted by Crippen LogP contribution is -2.48. The summed E-state index contributed by atoms with van der Waals surface area (Å²) in [6, 6.07) is 8.18. The highest BCUT2D eigenvalue weighted by Gasteiger charge is 2.52. The van der Waals surface area contributed by atoms with Crippen LogP contribution in [-0.2, 0) is 11.3 Å². The molecule has 0 aromatic heterocycles. The predicted octanol–water partition coefficient (Wildman–Crippen LogP) is 3.87. The Bertz CT molecular complexity index is 476. The van der Waals surface area contributed by atoms with E-state index in [0.29, 0.717) is 6.61 Å². The third-order valence-corrected chi connectivity index (χ3v) is 4.26. The lowest BCUT2D eigenvalue weighted by molar-refractivity contribution is -0.205. The van der Waals surface area contributed by atoms with Gasteiger partial charge in [-0.15, -0.1) is 0 Å². The van der Waals surface area contributed by atoms with Crippen molar-refractivity contribution in [1.29, 1.82) is 0 Å². The van der Waals surface area contributed by atoms with Crippen LogP contribution in [0, 0.1) is 0 Å². The van der Waals surface area contributed by atoms with Crippen LogP contribution >= 0.6 is 0 Å². The maximum absolute atomic E-state index is 10.3. The molecule has 1 atom stereocenters. The molecule has 2 rings (SSSR count). The van der Waals surface area contributed by atoms with Crippen LogP contribution in [-0.4, -0.2) is 27.5 Å². The van der Waals surface area contributed by atoms with E-state index in [1.807, 2.05) is 45.9 Å². The fourth-order valence-electron chi connectivity index (χ4n) is 2.92. The molecule has 0 amide bonds. The van der Waals surface area contributed by atoms with Crippen molar-refractivity contribution in [3.63, 3.8) is 0 Å². The highest BCUT2D eigenvalue weighted by molar-refractivity contribution is 5.47. The largest absolute Gasteiger partial charge is 0.371 e. The van der Waals surface area contributed by atoms with Crippen molar-refractivity contribution < 1.29 is 9.94 Å². The Hall–Kier alpha value is -1.16. The van der Waals surface area contributed by atoms with Gasteiger partial charge in [0.1, 0.15) is 0 Å². The number of hydrogen-bond acceptors (Lipinski definition) is 3. The van der Waals surface area contributed by atoms with Gasteiger partial charge < -0.3 is 9.94 Å². The highest BCUT2D eigenvalue weighted by Crippen LogP contribution is 2.40. The molecule has 20 heavy (non-hydrogen) atoms. The van der Waals surface area contributed by atoms with Gasteiger partial charge in [0.2, 0.25) is 0 Å². The zero-order valence-electron chi connectivity index (χ0n) is 12.9. The number of hydrogen-bond donors (Lipinski definition) is 1. The Kier molecular flexibility index (Phi) is 4.05. The molecule has 0 spiro atoms. The summed E-state index contributed by atoms with van der Waals surface area (Å²) < 4.78 is 6.06. The maximum Gasteiger partial charge on any atom is 0.0799 e. The molecular formula is C17H25NO2. The molecule has 1 aliphatic rings. The van der Waals surface area contributed by atoms with Crippen LogP contribution in [0.1, 0.15) is 45.2 Å². The van der Waals surface area contributed by atoms with Gasteiger partial charge in [-0.05, 0) is 45.2 Å². The zero-order valence-corrected chi connectivity index (χ0v) is 12.9. The monoisotopic (exact) mass is 275 g/mol. The van der Waals surface area contributed by atoms with Crippen molar-refractivity contribution in [2.24, 2.45) is 0 Å². The van der Waals surface area contributed by atoms with Crippen molar-refractivity contribution in [3.05, 3.63) is 42.0 Å². The van der Waals surface area contributed by atoms with Crippen LogP contribution in [0.3, 0.4) is 0 Å². The Morgan fingerprint density at radius 1 is 1.30 bits per heavy atom. The molecular weight excluding hydrogens is 250 g/mol. The molecule has 1 N–H and O–H groups in total. The summed E-state index contributed by atoms with van der Waals surface area (Å²) in [5, 5.41) is 11.7. The third kappa shape index (κ3) is 2.80. The minimum Gasteiger partial charge on any atom is -0.371 e. The van der Waals surface area contributed by atoms with Crippen LogP contribution in [0.25, 0.3) is 6.08 Å². The number of nitrogens with zero attached hydrogens (tertiary/aromatic N) is 1. The van der Waals surface area contributed by atoms with Crippen molar-refractivity contribution in [1.82, 2.24) is 5.06 Å².